The van der Waals surface area contributed by atoms with Gasteiger partial charge < -0.3 is 20.2 Å². The number of hydrogen-bond acceptors (Lipinski definition) is 6. The van der Waals surface area contributed by atoms with E-state index in [2.05, 4.69) is 24.5 Å². The van der Waals surface area contributed by atoms with Gasteiger partial charge in [0.2, 0.25) is 11.8 Å². The van der Waals surface area contributed by atoms with E-state index in [9.17, 15) is 28.8 Å². The van der Waals surface area contributed by atoms with Gasteiger partial charge in [-0.15, -0.1) is 0 Å². The third-order valence-electron chi connectivity index (χ3n) is 12.9. The topological polar surface area (TPSA) is 126 Å². The molecule has 8 atom stereocenters. The van der Waals surface area contributed by atoms with Crippen LogP contribution in [0.1, 0.15) is 112 Å². The van der Waals surface area contributed by atoms with Crippen molar-refractivity contribution in [3.63, 3.8) is 0 Å². The number of amides is 2. The van der Waals surface area contributed by atoms with Crippen LogP contribution in [0.25, 0.3) is 0 Å². The fraction of sp³-hybridized carbons (Fsp3) is 0.650. The summed E-state index contributed by atoms with van der Waals surface area (Å²) in [7, 11) is 0. The minimum atomic E-state index is -0.245. The summed E-state index contributed by atoms with van der Waals surface area (Å²) in [4.78, 5) is 72.4. The monoisotopic (exact) mass is 658 g/mol. The van der Waals surface area contributed by atoms with E-state index in [1.54, 1.807) is 32.1 Å². The number of fused-ring (bicyclic) bond motifs is 6. The van der Waals surface area contributed by atoms with E-state index in [4.69, 9.17) is 0 Å². The smallest absolute Gasteiger partial charge is 0.243 e. The molecule has 48 heavy (non-hydrogen) atoms. The maximum atomic E-state index is 12.9. The molecule has 2 saturated carbocycles. The molecule has 0 aromatic rings. The molecule has 0 saturated heterocycles. The van der Waals surface area contributed by atoms with Crippen molar-refractivity contribution >= 4 is 34.9 Å². The highest BCUT2D eigenvalue weighted by Crippen LogP contribution is 2.58. The van der Waals surface area contributed by atoms with Crippen molar-refractivity contribution in [2.75, 3.05) is 6.54 Å². The van der Waals surface area contributed by atoms with Gasteiger partial charge in [0, 0.05) is 60.7 Å². The van der Waals surface area contributed by atoms with Crippen molar-refractivity contribution in [3.8, 4) is 0 Å². The Morgan fingerprint density at radius 3 is 1.75 bits per heavy atom. The Morgan fingerprint density at radius 2 is 1.23 bits per heavy atom. The lowest BCUT2D eigenvalue weighted by molar-refractivity contribution is -0.129. The lowest BCUT2D eigenvalue weighted by atomic mass is 9.52. The van der Waals surface area contributed by atoms with Crippen LogP contribution in [0.4, 0.5) is 0 Å². The number of nitrogens with one attached hydrogen (secondary N) is 2. The minimum Gasteiger partial charge on any atom is -0.353 e. The Morgan fingerprint density at radius 1 is 0.729 bits per heavy atom. The first-order chi connectivity index (χ1) is 22.7. The maximum absolute atomic E-state index is 12.9. The van der Waals surface area contributed by atoms with E-state index in [1.165, 1.54) is 5.57 Å². The number of carbonyl (C=O) groups excluding carboxylic acids is 6. The van der Waals surface area contributed by atoms with Crippen molar-refractivity contribution in [1.82, 2.24) is 10.6 Å². The molecule has 8 heteroatoms. The van der Waals surface area contributed by atoms with E-state index in [0.29, 0.717) is 37.6 Å². The lowest BCUT2D eigenvalue weighted by Gasteiger charge is -2.51. The van der Waals surface area contributed by atoms with Crippen molar-refractivity contribution in [1.29, 1.82) is 0 Å². The quantitative estimate of drug-likeness (QED) is 0.345. The summed E-state index contributed by atoms with van der Waals surface area (Å²) >= 11 is 0. The van der Waals surface area contributed by atoms with Crippen molar-refractivity contribution in [2.45, 2.75) is 112 Å². The third kappa shape index (κ3) is 7.00. The molecule has 2 N–H and O–H groups in total. The number of Topliss-reactive ketones (excluding diaryl/α,β-unsaturated/α-hetero) is 2. The molecule has 0 aromatic carbocycles. The number of ketones is 4. The Labute approximate surface area is 285 Å². The number of carbonyl (C=O) groups is 6. The predicted octanol–water partition coefficient (Wildman–Crippen LogP) is 6.31. The second-order valence-corrected chi connectivity index (χ2v) is 15.9. The van der Waals surface area contributed by atoms with Gasteiger partial charge >= 0.3 is 0 Å². The van der Waals surface area contributed by atoms with Gasteiger partial charge in [0.25, 0.3) is 0 Å². The zero-order chi connectivity index (χ0) is 35.0. The molecule has 260 valence electrons. The highest BCUT2D eigenvalue weighted by Gasteiger charge is 2.54. The van der Waals surface area contributed by atoms with Gasteiger partial charge in [0.05, 0.1) is 0 Å². The molecular weight excluding hydrogens is 604 g/mol. The molecule has 0 spiro atoms. The highest BCUT2D eigenvalue weighted by molar-refractivity contribution is 5.96. The Balaban J connectivity index is 0.000000188. The van der Waals surface area contributed by atoms with Crippen molar-refractivity contribution in [2.24, 2.45) is 46.3 Å². The number of rotatable bonds is 6. The number of allylic oxidation sites excluding steroid dienone is 6. The molecule has 8 nitrogen and oxygen atoms in total. The molecule has 4 aliphatic carbocycles. The predicted molar refractivity (Wildman–Crippen MR) is 184 cm³/mol. The fourth-order valence-corrected chi connectivity index (χ4v) is 10.3. The first-order valence-corrected chi connectivity index (χ1v) is 18.1. The molecule has 0 unspecified atom stereocenters. The lowest BCUT2D eigenvalue weighted by Crippen LogP contribution is -2.48. The van der Waals surface area contributed by atoms with Crippen LogP contribution in [-0.4, -0.2) is 41.5 Å². The van der Waals surface area contributed by atoms with Crippen LogP contribution in [-0.2, 0) is 28.8 Å². The molecule has 0 aromatic heterocycles. The normalized spacial score (nSPS) is 35.9. The largest absolute Gasteiger partial charge is 0.353 e. The van der Waals surface area contributed by atoms with E-state index in [1.807, 2.05) is 20.0 Å². The second kappa shape index (κ2) is 14.2. The van der Waals surface area contributed by atoms with Gasteiger partial charge in [-0.25, -0.2) is 0 Å². The van der Waals surface area contributed by atoms with Crippen LogP contribution in [0.5, 0.6) is 0 Å². The SMILES string of the molecule is CC(=O)CC[C@@H]1C(C)=CC(=O)[C@H]2[C@H]1CCC1=CC(=O)NCC[C@@]12C.CC(=O)CC[C@@H]1C(C)=CC(=O)[C@H]2[C@H]1CCC1=CNC(=O)CC[C@@]12C. The van der Waals surface area contributed by atoms with Gasteiger partial charge in [0.15, 0.2) is 11.6 Å². The summed E-state index contributed by atoms with van der Waals surface area (Å²) in [6.45, 7) is 12.3. The van der Waals surface area contributed by atoms with Crippen LogP contribution < -0.4 is 10.6 Å². The van der Waals surface area contributed by atoms with Crippen molar-refractivity contribution < 1.29 is 28.8 Å². The molecular formula is C40H54N2O6. The summed E-state index contributed by atoms with van der Waals surface area (Å²) < 4.78 is 0. The van der Waals surface area contributed by atoms with E-state index >= 15 is 0 Å². The average Bonchev–Trinajstić information content (AvgIpc) is 3.25. The molecule has 2 amide bonds. The zero-order valence-electron chi connectivity index (χ0n) is 29.7. The molecule has 6 rings (SSSR count). The summed E-state index contributed by atoms with van der Waals surface area (Å²) in [5.41, 5.74) is 4.10. The first kappa shape index (κ1) is 35.9. The van der Waals surface area contributed by atoms with Crippen LogP contribution >= 0.6 is 0 Å². The van der Waals surface area contributed by atoms with E-state index in [0.717, 1.165) is 68.1 Å². The standard InChI is InChI=1S/2C20H27NO3/c1-12-10-17(23)19-16(15(12)6-4-13(2)22)7-5-14-11-18(24)21-9-8-20(14,19)3;1-12-10-17(23)19-16(15(12)6-4-13(2)22)7-5-14-11-21-18(24)8-9-20(14,19)3/h2*10-11,15-16,19H,4-9H2,1-3H3,(H,21,24)/t2*15-,16+,19-,20+/m11/s1. The van der Waals surface area contributed by atoms with Gasteiger partial charge in [-0.3, -0.25) is 19.2 Å². The first-order valence-electron chi connectivity index (χ1n) is 18.1. The molecule has 6 aliphatic rings. The molecule has 2 heterocycles. The summed E-state index contributed by atoms with van der Waals surface area (Å²) in [6, 6.07) is 0. The molecule has 2 fully saturated rings. The van der Waals surface area contributed by atoms with Crippen molar-refractivity contribution in [3.05, 3.63) is 46.7 Å². The van der Waals surface area contributed by atoms with Crippen LogP contribution in [0, 0.1) is 46.3 Å². The maximum Gasteiger partial charge on any atom is 0.243 e. The Kier molecular flexibility index (Phi) is 10.6. The van der Waals surface area contributed by atoms with Crippen LogP contribution in [0.3, 0.4) is 0 Å². The minimum absolute atomic E-state index is 0.0321. The van der Waals surface area contributed by atoms with Gasteiger partial charge in [-0.1, -0.05) is 30.6 Å². The highest BCUT2D eigenvalue weighted by atomic mass is 16.2. The van der Waals surface area contributed by atoms with E-state index in [-0.39, 0.29) is 69.4 Å². The van der Waals surface area contributed by atoms with Gasteiger partial charge in [-0.2, -0.15) is 0 Å². The second-order valence-electron chi connectivity index (χ2n) is 15.9. The Bertz CT molecular complexity index is 1510. The summed E-state index contributed by atoms with van der Waals surface area (Å²) in [6.07, 6.45) is 15.7. The van der Waals surface area contributed by atoms with Crippen LogP contribution in [0.2, 0.25) is 0 Å². The molecule has 2 aliphatic heterocycles. The van der Waals surface area contributed by atoms with Gasteiger partial charge in [0.1, 0.15) is 11.6 Å². The van der Waals surface area contributed by atoms with Gasteiger partial charge in [-0.05, 0) is 120 Å². The molecule has 0 bridgehead atoms. The number of hydrogen-bond donors (Lipinski definition) is 2. The van der Waals surface area contributed by atoms with Crippen LogP contribution in [0.15, 0.2) is 46.7 Å². The zero-order valence-corrected chi connectivity index (χ0v) is 29.7. The molecule has 0 radical (unpaired) electrons. The summed E-state index contributed by atoms with van der Waals surface area (Å²) in [5.74, 6) is 1.91. The average molecular weight is 659 g/mol. The fourth-order valence-electron chi connectivity index (χ4n) is 10.3. The van der Waals surface area contributed by atoms with E-state index < -0.39 is 0 Å². The Hall–Kier alpha value is -3.42. The summed E-state index contributed by atoms with van der Waals surface area (Å²) in [5, 5.41) is 5.78. The third-order valence-corrected chi connectivity index (χ3v) is 12.9.